The van der Waals surface area contributed by atoms with E-state index in [1.807, 2.05) is 31.2 Å². The highest BCUT2D eigenvalue weighted by atomic mass is 35.5. The first kappa shape index (κ1) is 15.4. The Bertz CT molecular complexity index is 823. The number of hydrogen-bond donors (Lipinski definition) is 1. The maximum absolute atomic E-state index is 12.0. The number of rotatable bonds is 3. The number of likely N-dealkylation sites (N-methyl/N-ethyl adjacent to an activating group) is 1. The van der Waals surface area contributed by atoms with Crippen molar-refractivity contribution < 1.29 is 14.0 Å². The van der Waals surface area contributed by atoms with Crippen LogP contribution in [0.1, 0.15) is 18.2 Å². The lowest BCUT2D eigenvalue weighted by Gasteiger charge is -2.05. The summed E-state index contributed by atoms with van der Waals surface area (Å²) in [6.07, 6.45) is 1.53. The molecule has 118 valence electrons. The zero-order chi connectivity index (χ0) is 16.6. The van der Waals surface area contributed by atoms with Crippen molar-refractivity contribution in [2.45, 2.75) is 13.8 Å². The standard InChI is InChI=1S/C17H15ClN2O3/c1-3-20-16(21)14(19-17(20)22)9-12-6-7-15(23-12)13-8-11(18)5-4-10(13)2/h4-9H,3H2,1-2H3,(H,19,22)/b14-9+. The van der Waals surface area contributed by atoms with Gasteiger partial charge in [0.1, 0.15) is 17.2 Å². The summed E-state index contributed by atoms with van der Waals surface area (Å²) in [5, 5.41) is 3.16. The molecule has 0 bridgehead atoms. The molecule has 2 heterocycles. The van der Waals surface area contributed by atoms with Crippen molar-refractivity contribution in [1.82, 2.24) is 10.2 Å². The van der Waals surface area contributed by atoms with E-state index >= 15 is 0 Å². The Morgan fingerprint density at radius 1 is 1.26 bits per heavy atom. The Balaban J connectivity index is 1.91. The Labute approximate surface area is 138 Å². The van der Waals surface area contributed by atoms with Crippen LogP contribution in [-0.4, -0.2) is 23.4 Å². The molecule has 1 aromatic carbocycles. The van der Waals surface area contributed by atoms with E-state index in [2.05, 4.69) is 5.32 Å². The molecule has 0 spiro atoms. The van der Waals surface area contributed by atoms with Gasteiger partial charge in [0.2, 0.25) is 0 Å². The Morgan fingerprint density at radius 3 is 2.74 bits per heavy atom. The molecule has 1 saturated heterocycles. The van der Waals surface area contributed by atoms with Gasteiger partial charge in [-0.25, -0.2) is 4.79 Å². The number of nitrogens with zero attached hydrogens (tertiary/aromatic N) is 1. The molecule has 1 aromatic heterocycles. The summed E-state index contributed by atoms with van der Waals surface area (Å²) in [5.74, 6) is 0.788. The number of hydrogen-bond acceptors (Lipinski definition) is 3. The summed E-state index contributed by atoms with van der Waals surface area (Å²) in [5.41, 5.74) is 2.13. The van der Waals surface area contributed by atoms with Gasteiger partial charge < -0.3 is 9.73 Å². The molecule has 3 rings (SSSR count). The van der Waals surface area contributed by atoms with Crippen molar-refractivity contribution in [2.24, 2.45) is 0 Å². The van der Waals surface area contributed by atoms with Crippen molar-refractivity contribution >= 4 is 29.6 Å². The number of furan rings is 1. The fourth-order valence-corrected chi connectivity index (χ4v) is 2.61. The Kier molecular flexibility index (Phi) is 3.96. The molecule has 0 radical (unpaired) electrons. The first-order chi connectivity index (χ1) is 11.0. The van der Waals surface area contributed by atoms with Crippen molar-refractivity contribution in [3.8, 4) is 11.3 Å². The van der Waals surface area contributed by atoms with Crippen molar-refractivity contribution in [3.05, 3.63) is 52.4 Å². The number of urea groups is 1. The highest BCUT2D eigenvalue weighted by molar-refractivity contribution is 6.30. The largest absolute Gasteiger partial charge is 0.457 e. The van der Waals surface area contributed by atoms with Crippen LogP contribution in [0.3, 0.4) is 0 Å². The monoisotopic (exact) mass is 330 g/mol. The lowest BCUT2D eigenvalue weighted by molar-refractivity contribution is -0.122. The minimum absolute atomic E-state index is 0.209. The Hall–Kier alpha value is -2.53. The van der Waals surface area contributed by atoms with E-state index in [0.717, 1.165) is 16.0 Å². The summed E-state index contributed by atoms with van der Waals surface area (Å²) in [7, 11) is 0. The molecular weight excluding hydrogens is 316 g/mol. The second kappa shape index (κ2) is 5.93. The van der Waals surface area contributed by atoms with Crippen LogP contribution in [-0.2, 0) is 4.79 Å². The van der Waals surface area contributed by atoms with E-state index in [1.165, 1.54) is 6.08 Å². The normalized spacial score (nSPS) is 16.3. The molecule has 5 nitrogen and oxygen atoms in total. The van der Waals surface area contributed by atoms with Crippen molar-refractivity contribution in [2.75, 3.05) is 6.54 Å². The molecule has 0 atom stereocenters. The van der Waals surface area contributed by atoms with Crippen LogP contribution < -0.4 is 5.32 Å². The predicted octanol–water partition coefficient (Wildman–Crippen LogP) is 3.82. The molecule has 23 heavy (non-hydrogen) atoms. The van der Waals surface area contributed by atoms with E-state index in [9.17, 15) is 9.59 Å². The molecule has 3 amide bonds. The third-order valence-electron chi connectivity index (χ3n) is 3.66. The van der Waals surface area contributed by atoms with Crippen LogP contribution in [0.25, 0.3) is 17.4 Å². The lowest BCUT2D eigenvalue weighted by atomic mass is 10.1. The maximum Gasteiger partial charge on any atom is 0.328 e. The van der Waals surface area contributed by atoms with Crippen molar-refractivity contribution in [3.63, 3.8) is 0 Å². The lowest BCUT2D eigenvalue weighted by Crippen LogP contribution is -2.30. The van der Waals surface area contributed by atoms with E-state index in [1.54, 1.807) is 13.0 Å². The van der Waals surface area contributed by atoms with E-state index < -0.39 is 6.03 Å². The number of nitrogens with one attached hydrogen (secondary N) is 1. The molecular formula is C17H15ClN2O3. The smallest absolute Gasteiger partial charge is 0.328 e. The van der Waals surface area contributed by atoms with E-state index in [-0.39, 0.29) is 11.6 Å². The third-order valence-corrected chi connectivity index (χ3v) is 3.89. The first-order valence-corrected chi connectivity index (χ1v) is 7.58. The average Bonchev–Trinajstić information content (AvgIpc) is 3.07. The molecule has 2 aromatic rings. The second-order valence-electron chi connectivity index (χ2n) is 5.20. The molecule has 1 N–H and O–H groups in total. The highest BCUT2D eigenvalue weighted by Crippen LogP contribution is 2.29. The molecule has 0 unspecified atom stereocenters. The number of benzene rings is 1. The van der Waals surface area contributed by atoms with Crippen LogP contribution >= 0.6 is 11.6 Å². The number of aryl methyl sites for hydroxylation is 1. The SMILES string of the molecule is CCN1C(=O)N/C(=C/c2ccc(-c3cc(Cl)ccc3C)o2)C1=O. The minimum Gasteiger partial charge on any atom is -0.457 e. The quantitative estimate of drug-likeness (QED) is 0.687. The van der Waals surface area contributed by atoms with Crippen LogP contribution in [0.15, 0.2) is 40.4 Å². The van der Waals surface area contributed by atoms with Gasteiger partial charge in [-0.2, -0.15) is 0 Å². The fourth-order valence-electron chi connectivity index (χ4n) is 2.44. The molecule has 1 aliphatic rings. The Morgan fingerprint density at radius 2 is 2.04 bits per heavy atom. The van der Waals surface area contributed by atoms with E-state index in [4.69, 9.17) is 16.0 Å². The van der Waals surface area contributed by atoms with Gasteiger partial charge in [0, 0.05) is 23.2 Å². The summed E-state index contributed by atoms with van der Waals surface area (Å²) >= 11 is 6.03. The van der Waals surface area contributed by atoms with Crippen LogP contribution in [0, 0.1) is 6.92 Å². The maximum atomic E-state index is 12.0. The van der Waals surface area contributed by atoms with Gasteiger partial charge in [0.25, 0.3) is 5.91 Å². The fraction of sp³-hybridized carbons (Fsp3) is 0.176. The number of carbonyl (C=O) groups excluding carboxylic acids is 2. The first-order valence-electron chi connectivity index (χ1n) is 7.20. The predicted molar refractivity (Wildman–Crippen MR) is 87.8 cm³/mol. The number of carbonyl (C=O) groups is 2. The van der Waals surface area contributed by atoms with Gasteiger partial charge in [-0.15, -0.1) is 0 Å². The summed E-state index contributed by atoms with van der Waals surface area (Å²) in [6.45, 7) is 4.03. The van der Waals surface area contributed by atoms with Gasteiger partial charge in [-0.05, 0) is 43.7 Å². The number of halogens is 1. The van der Waals surface area contributed by atoms with E-state index in [0.29, 0.717) is 23.1 Å². The minimum atomic E-state index is -0.416. The molecule has 0 saturated carbocycles. The zero-order valence-corrected chi connectivity index (χ0v) is 13.5. The van der Waals surface area contributed by atoms with Crippen LogP contribution in [0.5, 0.6) is 0 Å². The van der Waals surface area contributed by atoms with Crippen LogP contribution in [0.2, 0.25) is 5.02 Å². The summed E-state index contributed by atoms with van der Waals surface area (Å²) in [6, 6.07) is 8.70. The molecule has 0 aliphatic carbocycles. The second-order valence-corrected chi connectivity index (χ2v) is 5.64. The van der Waals surface area contributed by atoms with Gasteiger partial charge in [0.05, 0.1) is 0 Å². The average molecular weight is 331 g/mol. The number of amides is 3. The number of imide groups is 1. The van der Waals surface area contributed by atoms with Crippen LogP contribution in [0.4, 0.5) is 4.79 Å². The molecule has 1 fully saturated rings. The summed E-state index contributed by atoms with van der Waals surface area (Å²) < 4.78 is 5.76. The zero-order valence-electron chi connectivity index (χ0n) is 12.7. The van der Waals surface area contributed by atoms with Gasteiger partial charge >= 0.3 is 6.03 Å². The highest BCUT2D eigenvalue weighted by Gasteiger charge is 2.32. The van der Waals surface area contributed by atoms with Gasteiger partial charge in [0.15, 0.2) is 0 Å². The van der Waals surface area contributed by atoms with Crippen molar-refractivity contribution in [1.29, 1.82) is 0 Å². The summed E-state index contributed by atoms with van der Waals surface area (Å²) in [4.78, 5) is 24.8. The third kappa shape index (κ3) is 2.87. The molecule has 1 aliphatic heterocycles. The topological polar surface area (TPSA) is 62.6 Å². The van der Waals surface area contributed by atoms with Gasteiger partial charge in [-0.1, -0.05) is 17.7 Å². The molecule has 6 heteroatoms. The van der Waals surface area contributed by atoms with Gasteiger partial charge in [-0.3, -0.25) is 9.69 Å².